The van der Waals surface area contributed by atoms with Gasteiger partial charge in [-0.3, -0.25) is 0 Å². The van der Waals surface area contributed by atoms with E-state index in [1.54, 1.807) is 0 Å². The Labute approximate surface area is 110 Å². The van der Waals surface area contributed by atoms with Gasteiger partial charge >= 0.3 is 0 Å². The molecule has 1 aromatic rings. The van der Waals surface area contributed by atoms with Crippen LogP contribution in [0.2, 0.25) is 5.02 Å². The van der Waals surface area contributed by atoms with Gasteiger partial charge in [-0.2, -0.15) is 0 Å². The van der Waals surface area contributed by atoms with Gasteiger partial charge in [0.15, 0.2) is 0 Å². The number of hydrogen-bond acceptors (Lipinski definition) is 1. The van der Waals surface area contributed by atoms with Crippen molar-refractivity contribution in [1.82, 2.24) is 5.32 Å². The fourth-order valence-electron chi connectivity index (χ4n) is 3.45. The van der Waals surface area contributed by atoms with E-state index in [0.717, 1.165) is 18.1 Å². The fraction of sp³-hybridized carbons (Fsp3) is 0.600. The van der Waals surface area contributed by atoms with E-state index >= 15 is 0 Å². The molecular formula is C15H22ClN. The number of rotatable bonds is 4. The lowest BCUT2D eigenvalue weighted by atomic mass is 9.52. The van der Waals surface area contributed by atoms with Crippen LogP contribution in [0.1, 0.15) is 39.2 Å². The number of nitrogens with one attached hydrogen (secondary N) is 1. The summed E-state index contributed by atoms with van der Waals surface area (Å²) in [5.41, 5.74) is 2.02. The number of benzene rings is 1. The highest BCUT2D eigenvalue weighted by Gasteiger charge is 2.50. The topological polar surface area (TPSA) is 12.0 Å². The van der Waals surface area contributed by atoms with E-state index in [9.17, 15) is 0 Å². The molecule has 1 aliphatic rings. The van der Waals surface area contributed by atoms with Gasteiger partial charge in [0.05, 0.1) is 0 Å². The monoisotopic (exact) mass is 251 g/mol. The second-order valence-electron chi connectivity index (χ2n) is 6.06. The van der Waals surface area contributed by atoms with Crippen molar-refractivity contribution in [3.05, 3.63) is 34.9 Å². The SMILES string of the molecule is CCNCC1(c2ccccc2Cl)CC(C)(C)C1. The molecule has 0 unspecified atom stereocenters. The maximum atomic E-state index is 6.37. The standard InChI is InChI=1S/C15H22ClN/c1-4-17-11-15(9-14(2,3)10-15)12-7-5-6-8-13(12)16/h5-8,17H,4,9-11H2,1-3H3. The second kappa shape index (κ2) is 4.62. The minimum Gasteiger partial charge on any atom is -0.316 e. The highest BCUT2D eigenvalue weighted by Crippen LogP contribution is 2.56. The first-order valence-electron chi connectivity index (χ1n) is 6.45. The van der Waals surface area contributed by atoms with Crippen molar-refractivity contribution in [1.29, 1.82) is 0 Å². The Morgan fingerprint density at radius 2 is 1.88 bits per heavy atom. The Morgan fingerprint density at radius 1 is 1.24 bits per heavy atom. The molecule has 17 heavy (non-hydrogen) atoms. The van der Waals surface area contributed by atoms with Crippen molar-refractivity contribution < 1.29 is 0 Å². The molecule has 1 nitrogen and oxygen atoms in total. The summed E-state index contributed by atoms with van der Waals surface area (Å²) < 4.78 is 0. The average Bonchev–Trinajstić information content (AvgIpc) is 2.23. The van der Waals surface area contributed by atoms with Crippen molar-refractivity contribution in [2.75, 3.05) is 13.1 Å². The molecule has 0 aliphatic heterocycles. The van der Waals surface area contributed by atoms with E-state index in [2.05, 4.69) is 38.2 Å². The molecule has 0 aromatic heterocycles. The summed E-state index contributed by atoms with van der Waals surface area (Å²) in [6, 6.07) is 8.31. The van der Waals surface area contributed by atoms with Crippen LogP contribution in [0.3, 0.4) is 0 Å². The molecule has 2 rings (SSSR count). The van der Waals surface area contributed by atoms with Crippen molar-refractivity contribution >= 4 is 11.6 Å². The second-order valence-corrected chi connectivity index (χ2v) is 6.47. The third-order valence-corrected chi connectivity index (χ3v) is 4.12. The van der Waals surface area contributed by atoms with Gasteiger partial charge in [-0.25, -0.2) is 0 Å². The molecule has 0 saturated heterocycles. The van der Waals surface area contributed by atoms with Crippen LogP contribution in [-0.2, 0) is 5.41 Å². The van der Waals surface area contributed by atoms with E-state index in [4.69, 9.17) is 11.6 Å². The molecule has 1 aromatic carbocycles. The smallest absolute Gasteiger partial charge is 0.0444 e. The summed E-state index contributed by atoms with van der Waals surface area (Å²) in [5, 5.41) is 4.41. The van der Waals surface area contributed by atoms with E-state index in [0.29, 0.717) is 5.41 Å². The van der Waals surface area contributed by atoms with Crippen LogP contribution in [0.25, 0.3) is 0 Å². The van der Waals surface area contributed by atoms with Gasteiger partial charge < -0.3 is 5.32 Å². The minimum absolute atomic E-state index is 0.248. The van der Waals surface area contributed by atoms with E-state index < -0.39 is 0 Å². The van der Waals surface area contributed by atoms with Gasteiger partial charge in [0.25, 0.3) is 0 Å². The lowest BCUT2D eigenvalue weighted by molar-refractivity contribution is 0.0568. The lowest BCUT2D eigenvalue weighted by Crippen LogP contribution is -2.52. The summed E-state index contributed by atoms with van der Waals surface area (Å²) in [4.78, 5) is 0. The summed E-state index contributed by atoms with van der Waals surface area (Å²) >= 11 is 6.37. The minimum atomic E-state index is 0.248. The Balaban J connectivity index is 2.26. The third kappa shape index (κ3) is 2.51. The molecule has 94 valence electrons. The zero-order valence-corrected chi connectivity index (χ0v) is 11.8. The zero-order chi connectivity index (χ0) is 12.5. The maximum absolute atomic E-state index is 6.37. The maximum Gasteiger partial charge on any atom is 0.0444 e. The summed E-state index contributed by atoms with van der Waals surface area (Å²) in [5.74, 6) is 0. The van der Waals surface area contributed by atoms with Crippen molar-refractivity contribution in [3.8, 4) is 0 Å². The predicted molar refractivity (Wildman–Crippen MR) is 74.7 cm³/mol. The Bertz CT molecular complexity index is 390. The van der Waals surface area contributed by atoms with Crippen molar-refractivity contribution in [3.63, 3.8) is 0 Å². The average molecular weight is 252 g/mol. The molecule has 0 radical (unpaired) electrons. The van der Waals surface area contributed by atoms with Crippen molar-refractivity contribution in [2.24, 2.45) is 5.41 Å². The van der Waals surface area contributed by atoms with Gasteiger partial charge in [-0.15, -0.1) is 0 Å². The fourth-order valence-corrected chi connectivity index (χ4v) is 3.78. The zero-order valence-electron chi connectivity index (χ0n) is 11.0. The van der Waals surface area contributed by atoms with Crippen LogP contribution < -0.4 is 5.32 Å². The Hall–Kier alpha value is -0.530. The van der Waals surface area contributed by atoms with Crippen LogP contribution >= 0.6 is 11.6 Å². The lowest BCUT2D eigenvalue weighted by Gasteiger charge is -2.54. The molecule has 0 atom stereocenters. The first-order valence-corrected chi connectivity index (χ1v) is 6.83. The molecule has 0 amide bonds. The molecule has 1 N–H and O–H groups in total. The Morgan fingerprint density at radius 3 is 2.41 bits per heavy atom. The molecule has 1 fully saturated rings. The highest BCUT2D eigenvalue weighted by atomic mass is 35.5. The van der Waals surface area contributed by atoms with Gasteiger partial charge in [0, 0.05) is 17.0 Å². The van der Waals surface area contributed by atoms with Gasteiger partial charge in [-0.1, -0.05) is 50.6 Å². The van der Waals surface area contributed by atoms with E-state index in [1.807, 2.05) is 12.1 Å². The van der Waals surface area contributed by atoms with Crippen LogP contribution in [-0.4, -0.2) is 13.1 Å². The van der Waals surface area contributed by atoms with Gasteiger partial charge in [0.1, 0.15) is 0 Å². The van der Waals surface area contributed by atoms with Crippen LogP contribution in [0, 0.1) is 5.41 Å². The van der Waals surface area contributed by atoms with Crippen LogP contribution in [0.15, 0.2) is 24.3 Å². The molecule has 2 heteroatoms. The van der Waals surface area contributed by atoms with Crippen molar-refractivity contribution in [2.45, 2.75) is 39.0 Å². The van der Waals surface area contributed by atoms with Gasteiger partial charge in [0.2, 0.25) is 0 Å². The number of halogens is 1. The van der Waals surface area contributed by atoms with Gasteiger partial charge in [-0.05, 0) is 36.4 Å². The summed E-state index contributed by atoms with van der Waals surface area (Å²) in [6.45, 7) is 8.90. The van der Waals surface area contributed by atoms with E-state index in [-0.39, 0.29) is 5.41 Å². The number of likely N-dealkylation sites (N-methyl/N-ethyl adjacent to an activating group) is 1. The molecular weight excluding hydrogens is 230 g/mol. The first-order chi connectivity index (χ1) is 7.99. The van der Waals surface area contributed by atoms with Crippen LogP contribution in [0.5, 0.6) is 0 Å². The van der Waals surface area contributed by atoms with E-state index in [1.165, 1.54) is 18.4 Å². The highest BCUT2D eigenvalue weighted by molar-refractivity contribution is 6.31. The number of hydrogen-bond donors (Lipinski definition) is 1. The normalized spacial score (nSPS) is 20.9. The molecule has 1 aliphatic carbocycles. The molecule has 1 saturated carbocycles. The first kappa shape index (κ1) is 12.9. The largest absolute Gasteiger partial charge is 0.316 e. The third-order valence-electron chi connectivity index (χ3n) is 3.79. The quantitative estimate of drug-likeness (QED) is 0.853. The Kier molecular flexibility index (Phi) is 3.51. The summed E-state index contributed by atoms with van der Waals surface area (Å²) in [6.07, 6.45) is 2.44. The predicted octanol–water partition coefficient (Wildman–Crippen LogP) is 4.01. The van der Waals surface area contributed by atoms with Crippen LogP contribution in [0.4, 0.5) is 0 Å². The molecule has 0 spiro atoms. The molecule has 0 heterocycles. The molecule has 0 bridgehead atoms. The summed E-state index contributed by atoms with van der Waals surface area (Å²) in [7, 11) is 0.